The van der Waals surface area contributed by atoms with Crippen LogP contribution in [0.3, 0.4) is 0 Å². The molecule has 2 aliphatic rings. The van der Waals surface area contributed by atoms with Gasteiger partial charge in [-0.25, -0.2) is 4.39 Å². The Morgan fingerprint density at radius 2 is 1.59 bits per heavy atom. The summed E-state index contributed by atoms with van der Waals surface area (Å²) < 4.78 is 14.3. The number of unbranched alkanes of at least 4 members (excludes halogenated alkanes) is 2. The largest absolute Gasteiger partial charge is 0.207 e. The van der Waals surface area contributed by atoms with Gasteiger partial charge in [0.25, 0.3) is 0 Å². The summed E-state index contributed by atoms with van der Waals surface area (Å²) in [4.78, 5) is 0. The molecule has 3 rings (SSSR count). The topological polar surface area (TPSA) is 0 Å². The molecule has 0 radical (unpaired) electrons. The fourth-order valence-electron chi connectivity index (χ4n) is 5.07. The van der Waals surface area contributed by atoms with Crippen molar-refractivity contribution in [3.05, 3.63) is 35.1 Å². The lowest BCUT2D eigenvalue weighted by atomic mass is 9.69. The number of hydrogen-bond donors (Lipinski definition) is 0. The van der Waals surface area contributed by atoms with Crippen LogP contribution in [0.25, 0.3) is 0 Å². The van der Waals surface area contributed by atoms with E-state index < -0.39 is 0 Å². The molecule has 0 amide bonds. The van der Waals surface area contributed by atoms with E-state index in [0.717, 1.165) is 41.7 Å². The molecular formula is C26H37F. The van der Waals surface area contributed by atoms with Crippen LogP contribution in [0.2, 0.25) is 0 Å². The van der Waals surface area contributed by atoms with Gasteiger partial charge in [0.05, 0.1) is 0 Å². The van der Waals surface area contributed by atoms with E-state index in [1.54, 1.807) is 6.07 Å². The van der Waals surface area contributed by atoms with E-state index in [4.69, 9.17) is 0 Å². The third-order valence-corrected chi connectivity index (χ3v) is 7.02. The Balaban J connectivity index is 1.48. The number of rotatable bonds is 5. The van der Waals surface area contributed by atoms with Crippen LogP contribution in [-0.4, -0.2) is 0 Å². The summed E-state index contributed by atoms with van der Waals surface area (Å²) in [5, 5.41) is 0. The minimum atomic E-state index is -0.0758. The molecule has 1 aromatic rings. The molecule has 27 heavy (non-hydrogen) atoms. The molecule has 148 valence electrons. The molecule has 2 saturated carbocycles. The zero-order chi connectivity index (χ0) is 19.1. The Morgan fingerprint density at radius 1 is 0.926 bits per heavy atom. The fourth-order valence-corrected chi connectivity index (χ4v) is 5.07. The maximum atomic E-state index is 14.3. The Kier molecular flexibility index (Phi) is 7.81. The standard InChI is InChI=1S/C26H37F/c1-3-4-5-6-25-18-13-22(19-26(25)27)10-9-21-11-16-24(17-12-21)23-14-7-20(2)8-15-23/h13,18-21,23-24H,3-8,11-12,14-17H2,1-2H3. The van der Waals surface area contributed by atoms with Gasteiger partial charge >= 0.3 is 0 Å². The summed E-state index contributed by atoms with van der Waals surface area (Å²) in [7, 11) is 0. The van der Waals surface area contributed by atoms with Crippen LogP contribution >= 0.6 is 0 Å². The van der Waals surface area contributed by atoms with E-state index in [1.807, 2.05) is 12.1 Å². The maximum absolute atomic E-state index is 14.3. The van der Waals surface area contributed by atoms with Crippen LogP contribution in [0.4, 0.5) is 4.39 Å². The highest BCUT2D eigenvalue weighted by atomic mass is 19.1. The van der Waals surface area contributed by atoms with E-state index in [1.165, 1.54) is 64.2 Å². The quantitative estimate of drug-likeness (QED) is 0.372. The molecule has 0 N–H and O–H groups in total. The SMILES string of the molecule is CCCCCc1ccc(C#CC2CCC(C3CCC(C)CC3)CC2)cc1F. The van der Waals surface area contributed by atoms with E-state index >= 15 is 0 Å². The molecule has 0 nitrogen and oxygen atoms in total. The first-order chi connectivity index (χ1) is 13.2. The Morgan fingerprint density at radius 3 is 2.22 bits per heavy atom. The van der Waals surface area contributed by atoms with Crippen molar-refractivity contribution in [1.82, 2.24) is 0 Å². The average Bonchev–Trinajstić information content (AvgIpc) is 2.69. The zero-order valence-electron chi connectivity index (χ0n) is 17.4. The third kappa shape index (κ3) is 6.10. The second kappa shape index (κ2) is 10.3. The molecule has 0 bridgehead atoms. The fraction of sp³-hybridized carbons (Fsp3) is 0.692. The van der Waals surface area contributed by atoms with E-state index in [-0.39, 0.29) is 5.82 Å². The highest BCUT2D eigenvalue weighted by Gasteiger charge is 2.29. The normalized spacial score (nSPS) is 28.4. The lowest BCUT2D eigenvalue weighted by Gasteiger charge is -2.36. The second-order valence-electron chi connectivity index (χ2n) is 9.16. The van der Waals surface area contributed by atoms with Gasteiger partial charge in [0.2, 0.25) is 0 Å². The van der Waals surface area contributed by atoms with Gasteiger partial charge in [-0.3, -0.25) is 0 Å². The van der Waals surface area contributed by atoms with E-state index in [9.17, 15) is 4.39 Å². The molecule has 1 aromatic carbocycles. The Hall–Kier alpha value is -1.29. The van der Waals surface area contributed by atoms with Gasteiger partial charge in [-0.2, -0.15) is 0 Å². The van der Waals surface area contributed by atoms with Crippen molar-refractivity contribution in [2.75, 3.05) is 0 Å². The molecule has 2 fully saturated rings. The average molecular weight is 369 g/mol. The second-order valence-corrected chi connectivity index (χ2v) is 9.16. The summed E-state index contributed by atoms with van der Waals surface area (Å²) in [5.74, 6) is 10.0. The van der Waals surface area contributed by atoms with Gasteiger partial charge in [-0.15, -0.1) is 0 Å². The van der Waals surface area contributed by atoms with Gasteiger partial charge < -0.3 is 0 Å². The predicted molar refractivity (Wildman–Crippen MR) is 113 cm³/mol. The smallest absolute Gasteiger partial charge is 0.127 e. The van der Waals surface area contributed by atoms with Crippen LogP contribution in [-0.2, 0) is 6.42 Å². The number of benzene rings is 1. The monoisotopic (exact) mass is 368 g/mol. The minimum absolute atomic E-state index is 0.0758. The van der Waals surface area contributed by atoms with Gasteiger partial charge in [0.15, 0.2) is 0 Å². The van der Waals surface area contributed by atoms with Crippen molar-refractivity contribution >= 4 is 0 Å². The molecule has 0 unspecified atom stereocenters. The van der Waals surface area contributed by atoms with E-state index in [0.29, 0.717) is 5.92 Å². The van der Waals surface area contributed by atoms with Gasteiger partial charge in [0.1, 0.15) is 5.82 Å². The Bertz CT molecular complexity index is 634. The first kappa shape index (κ1) is 20.4. The van der Waals surface area contributed by atoms with Crippen molar-refractivity contribution < 1.29 is 4.39 Å². The molecule has 0 spiro atoms. The van der Waals surface area contributed by atoms with Crippen molar-refractivity contribution in [3.63, 3.8) is 0 Å². The third-order valence-electron chi connectivity index (χ3n) is 7.02. The highest BCUT2D eigenvalue weighted by Crippen LogP contribution is 2.41. The first-order valence-electron chi connectivity index (χ1n) is 11.5. The van der Waals surface area contributed by atoms with Crippen LogP contribution in [0.5, 0.6) is 0 Å². The Labute approximate surface area is 166 Å². The van der Waals surface area contributed by atoms with Crippen LogP contribution in [0.1, 0.15) is 95.6 Å². The molecule has 2 aliphatic carbocycles. The molecule has 0 aliphatic heterocycles. The van der Waals surface area contributed by atoms with Crippen molar-refractivity contribution in [2.24, 2.45) is 23.7 Å². The highest BCUT2D eigenvalue weighted by molar-refractivity contribution is 5.37. The molecular weight excluding hydrogens is 331 g/mol. The number of aryl methyl sites for hydroxylation is 1. The van der Waals surface area contributed by atoms with Gasteiger partial charge in [-0.05, 0) is 86.8 Å². The van der Waals surface area contributed by atoms with Crippen LogP contribution < -0.4 is 0 Å². The molecule has 1 heteroatoms. The molecule has 0 heterocycles. The minimum Gasteiger partial charge on any atom is -0.207 e. The maximum Gasteiger partial charge on any atom is 0.127 e. The number of hydrogen-bond acceptors (Lipinski definition) is 0. The summed E-state index contributed by atoms with van der Waals surface area (Å²) >= 11 is 0. The summed E-state index contributed by atoms with van der Waals surface area (Å²) in [6, 6.07) is 5.59. The van der Waals surface area contributed by atoms with Gasteiger partial charge in [-0.1, -0.05) is 57.4 Å². The summed E-state index contributed by atoms with van der Waals surface area (Å²) in [6.07, 6.45) is 15.2. The first-order valence-corrected chi connectivity index (χ1v) is 11.5. The lowest BCUT2D eigenvalue weighted by molar-refractivity contribution is 0.162. The molecule has 0 aromatic heterocycles. The summed E-state index contributed by atoms with van der Waals surface area (Å²) in [6.45, 7) is 4.58. The van der Waals surface area contributed by atoms with Crippen molar-refractivity contribution in [2.45, 2.75) is 90.9 Å². The molecule has 0 atom stereocenters. The van der Waals surface area contributed by atoms with E-state index in [2.05, 4.69) is 25.7 Å². The van der Waals surface area contributed by atoms with Gasteiger partial charge in [0, 0.05) is 11.5 Å². The molecule has 0 saturated heterocycles. The zero-order valence-corrected chi connectivity index (χ0v) is 17.4. The predicted octanol–water partition coefficient (Wildman–Crippen LogP) is 7.54. The summed E-state index contributed by atoms with van der Waals surface area (Å²) in [5.41, 5.74) is 1.69. The van der Waals surface area contributed by atoms with Crippen LogP contribution in [0, 0.1) is 41.3 Å². The number of halogens is 1. The lowest BCUT2D eigenvalue weighted by Crippen LogP contribution is -2.24. The van der Waals surface area contributed by atoms with Crippen LogP contribution in [0.15, 0.2) is 18.2 Å². The van der Waals surface area contributed by atoms with Crippen molar-refractivity contribution in [1.29, 1.82) is 0 Å². The van der Waals surface area contributed by atoms with Crippen molar-refractivity contribution in [3.8, 4) is 11.8 Å².